The van der Waals surface area contributed by atoms with Crippen LogP contribution in [0.4, 0.5) is 0 Å². The van der Waals surface area contributed by atoms with Gasteiger partial charge in [0.05, 0.1) is 18.5 Å². The minimum atomic E-state index is -0.647. The van der Waals surface area contributed by atoms with Crippen LogP contribution in [0.15, 0.2) is 12.3 Å². The summed E-state index contributed by atoms with van der Waals surface area (Å²) in [5, 5.41) is 10.3. The van der Waals surface area contributed by atoms with Crippen molar-refractivity contribution in [1.82, 2.24) is 0 Å². The molecule has 1 aliphatic carbocycles. The van der Waals surface area contributed by atoms with Crippen LogP contribution in [0.1, 0.15) is 47.0 Å². The van der Waals surface area contributed by atoms with Crippen LogP contribution in [0.2, 0.25) is 0 Å². The van der Waals surface area contributed by atoms with Crippen molar-refractivity contribution in [1.29, 1.82) is 0 Å². The van der Waals surface area contributed by atoms with Gasteiger partial charge in [-0.15, -0.1) is 0 Å². The lowest BCUT2D eigenvalue weighted by molar-refractivity contribution is -0.151. The molecule has 0 bridgehead atoms. The fourth-order valence-electron chi connectivity index (χ4n) is 4.18. The van der Waals surface area contributed by atoms with Gasteiger partial charge >= 0.3 is 0 Å². The molecule has 1 N–H and O–H groups in total. The highest BCUT2D eigenvalue weighted by atomic mass is 16.6. The first-order chi connectivity index (χ1) is 8.23. The molecule has 4 unspecified atom stereocenters. The van der Waals surface area contributed by atoms with Gasteiger partial charge in [0.1, 0.15) is 11.2 Å². The summed E-state index contributed by atoms with van der Waals surface area (Å²) in [5.74, 6) is 0.270. The second kappa shape index (κ2) is 3.31. The van der Waals surface area contributed by atoms with Gasteiger partial charge in [0.15, 0.2) is 0 Å². The van der Waals surface area contributed by atoms with Gasteiger partial charge in [0, 0.05) is 5.41 Å². The van der Waals surface area contributed by atoms with Crippen LogP contribution in [0.3, 0.4) is 0 Å². The van der Waals surface area contributed by atoms with Gasteiger partial charge in [0.25, 0.3) is 0 Å². The maximum absolute atomic E-state index is 10.3. The fraction of sp³-hybridized carbons (Fsp3) is 0.867. The van der Waals surface area contributed by atoms with E-state index in [1.165, 1.54) is 0 Å². The lowest BCUT2D eigenvalue weighted by atomic mass is 9.56. The smallest absolute Gasteiger partial charge is 0.148 e. The molecule has 0 aromatic heterocycles. The molecule has 0 amide bonds. The van der Waals surface area contributed by atoms with E-state index < -0.39 is 5.60 Å². The molecule has 18 heavy (non-hydrogen) atoms. The number of ether oxygens (including phenoxy) is 2. The molecule has 0 radical (unpaired) electrons. The third-order valence-corrected chi connectivity index (χ3v) is 5.70. The summed E-state index contributed by atoms with van der Waals surface area (Å²) in [6.07, 6.45) is 6.81. The number of rotatable bonds is 1. The van der Waals surface area contributed by atoms with Crippen LogP contribution < -0.4 is 0 Å². The Balaban J connectivity index is 1.99. The number of hydrogen-bond acceptors (Lipinski definition) is 3. The van der Waals surface area contributed by atoms with Crippen molar-refractivity contribution in [2.45, 2.75) is 63.8 Å². The maximum Gasteiger partial charge on any atom is 0.148 e. The van der Waals surface area contributed by atoms with Crippen LogP contribution in [0.25, 0.3) is 0 Å². The third-order valence-electron chi connectivity index (χ3n) is 5.70. The molecule has 1 spiro atoms. The van der Waals surface area contributed by atoms with Crippen LogP contribution in [-0.4, -0.2) is 28.5 Å². The molecule has 0 aromatic carbocycles. The predicted molar refractivity (Wildman–Crippen MR) is 69.1 cm³/mol. The first kappa shape index (κ1) is 12.5. The Labute approximate surface area is 109 Å². The summed E-state index contributed by atoms with van der Waals surface area (Å²) in [6, 6.07) is 0. The van der Waals surface area contributed by atoms with E-state index in [9.17, 15) is 5.11 Å². The van der Waals surface area contributed by atoms with E-state index in [1.54, 1.807) is 6.26 Å². The molecule has 3 aliphatic rings. The first-order valence-corrected chi connectivity index (χ1v) is 6.94. The quantitative estimate of drug-likeness (QED) is 0.779. The van der Waals surface area contributed by atoms with E-state index in [1.807, 2.05) is 19.9 Å². The topological polar surface area (TPSA) is 38.7 Å². The van der Waals surface area contributed by atoms with Gasteiger partial charge < -0.3 is 14.6 Å². The van der Waals surface area contributed by atoms with Crippen molar-refractivity contribution in [2.75, 3.05) is 6.61 Å². The van der Waals surface area contributed by atoms with Gasteiger partial charge in [-0.25, -0.2) is 0 Å². The summed E-state index contributed by atoms with van der Waals surface area (Å²) >= 11 is 0. The zero-order chi connectivity index (χ0) is 13.2. The zero-order valence-electron chi connectivity index (χ0n) is 11.8. The van der Waals surface area contributed by atoms with Gasteiger partial charge in [-0.3, -0.25) is 0 Å². The minimum Gasteiger partial charge on any atom is -0.491 e. The van der Waals surface area contributed by atoms with E-state index in [2.05, 4.69) is 13.8 Å². The molecule has 2 fully saturated rings. The molecule has 1 saturated heterocycles. The molecule has 2 heterocycles. The largest absolute Gasteiger partial charge is 0.491 e. The molecule has 3 rings (SSSR count). The van der Waals surface area contributed by atoms with Crippen LogP contribution in [-0.2, 0) is 9.47 Å². The van der Waals surface area contributed by atoms with Gasteiger partial charge in [-0.05, 0) is 52.0 Å². The number of hydrogen-bond donors (Lipinski definition) is 1. The Morgan fingerprint density at radius 1 is 1.33 bits per heavy atom. The molecular weight excluding hydrogens is 228 g/mol. The standard InChI is InChI=1S/C15H24O3/c1-12(2,16)11-5-6-13(3)10-18-14(4)7-8-17-15(13,14)9-11/h7-8,11,16H,5-6,9-10H2,1-4H3. The lowest BCUT2D eigenvalue weighted by Gasteiger charge is -2.52. The summed E-state index contributed by atoms with van der Waals surface area (Å²) in [4.78, 5) is 0. The third kappa shape index (κ3) is 1.32. The summed E-state index contributed by atoms with van der Waals surface area (Å²) in [7, 11) is 0. The van der Waals surface area contributed by atoms with Crippen LogP contribution in [0.5, 0.6) is 0 Å². The Hall–Kier alpha value is -0.540. The van der Waals surface area contributed by atoms with Gasteiger partial charge in [-0.2, -0.15) is 0 Å². The van der Waals surface area contributed by atoms with Crippen LogP contribution in [0, 0.1) is 11.3 Å². The monoisotopic (exact) mass is 252 g/mol. The van der Waals surface area contributed by atoms with Crippen LogP contribution >= 0.6 is 0 Å². The van der Waals surface area contributed by atoms with Crippen molar-refractivity contribution in [3.05, 3.63) is 12.3 Å². The highest BCUT2D eigenvalue weighted by Crippen LogP contribution is 2.62. The zero-order valence-corrected chi connectivity index (χ0v) is 11.8. The average Bonchev–Trinajstić information content (AvgIpc) is 2.68. The summed E-state index contributed by atoms with van der Waals surface area (Å²) in [6.45, 7) is 8.96. The highest BCUT2D eigenvalue weighted by molar-refractivity contribution is 5.27. The average molecular weight is 252 g/mol. The molecular formula is C15H24O3. The Kier molecular flexibility index (Phi) is 2.30. The fourth-order valence-corrected chi connectivity index (χ4v) is 4.18. The molecule has 2 aliphatic heterocycles. The predicted octanol–water partition coefficient (Wildman–Crippen LogP) is 2.64. The molecule has 3 heteroatoms. The Morgan fingerprint density at radius 2 is 2.06 bits per heavy atom. The second-order valence-electron chi connectivity index (χ2n) is 7.30. The highest BCUT2D eigenvalue weighted by Gasteiger charge is 2.70. The minimum absolute atomic E-state index is 0.0625. The van der Waals surface area contributed by atoms with Crippen molar-refractivity contribution < 1.29 is 14.6 Å². The Morgan fingerprint density at radius 3 is 2.72 bits per heavy atom. The number of aliphatic hydroxyl groups is 1. The van der Waals surface area contributed by atoms with E-state index in [0.717, 1.165) is 25.9 Å². The summed E-state index contributed by atoms with van der Waals surface area (Å²) in [5.41, 5.74) is -1.20. The van der Waals surface area contributed by atoms with E-state index >= 15 is 0 Å². The summed E-state index contributed by atoms with van der Waals surface area (Å²) < 4.78 is 12.2. The van der Waals surface area contributed by atoms with Gasteiger partial charge in [-0.1, -0.05) is 6.92 Å². The molecule has 0 aromatic rings. The molecule has 3 nitrogen and oxygen atoms in total. The van der Waals surface area contributed by atoms with Crippen molar-refractivity contribution >= 4 is 0 Å². The van der Waals surface area contributed by atoms with Crippen molar-refractivity contribution in [3.63, 3.8) is 0 Å². The SMILES string of the molecule is CC(C)(O)C1CCC2(C)COC3(C)C=COC23C1. The molecule has 102 valence electrons. The van der Waals surface area contributed by atoms with Crippen molar-refractivity contribution in [2.24, 2.45) is 11.3 Å². The molecule has 4 atom stereocenters. The normalized spacial score (nSPS) is 50.8. The van der Waals surface area contributed by atoms with E-state index in [0.29, 0.717) is 0 Å². The maximum atomic E-state index is 10.3. The van der Waals surface area contributed by atoms with Crippen molar-refractivity contribution in [3.8, 4) is 0 Å². The second-order valence-corrected chi connectivity index (χ2v) is 7.30. The van der Waals surface area contributed by atoms with E-state index in [4.69, 9.17) is 9.47 Å². The van der Waals surface area contributed by atoms with E-state index in [-0.39, 0.29) is 22.5 Å². The lowest BCUT2D eigenvalue weighted by Crippen LogP contribution is -2.59. The first-order valence-electron chi connectivity index (χ1n) is 6.94. The Bertz CT molecular complexity index is 397. The van der Waals surface area contributed by atoms with Gasteiger partial charge in [0.2, 0.25) is 0 Å². The molecule has 1 saturated carbocycles.